The van der Waals surface area contributed by atoms with E-state index in [0.717, 1.165) is 45.2 Å². The molecule has 25 heavy (non-hydrogen) atoms. The molecule has 0 spiro atoms. The lowest BCUT2D eigenvalue weighted by atomic mass is 9.97. The summed E-state index contributed by atoms with van der Waals surface area (Å²) >= 11 is 0. The van der Waals surface area contributed by atoms with Crippen molar-refractivity contribution in [3.63, 3.8) is 0 Å². The van der Waals surface area contributed by atoms with E-state index in [4.69, 9.17) is 4.74 Å². The number of hydrogen-bond donors (Lipinski definition) is 0. The molecule has 6 nitrogen and oxygen atoms in total. The zero-order valence-electron chi connectivity index (χ0n) is 16.4. The number of carbonyl (C=O) groups excluding carboxylic acids is 2. The van der Waals surface area contributed by atoms with E-state index in [-0.39, 0.29) is 23.9 Å². The third-order valence-electron chi connectivity index (χ3n) is 5.71. The molecule has 0 unspecified atom stereocenters. The Kier molecular flexibility index (Phi) is 7.69. The molecule has 2 fully saturated rings. The van der Waals surface area contributed by atoms with Crippen molar-refractivity contribution in [1.29, 1.82) is 0 Å². The molecule has 0 aromatic rings. The van der Waals surface area contributed by atoms with Crippen molar-refractivity contribution in [2.45, 2.75) is 71.0 Å². The first-order chi connectivity index (χ1) is 12.0. The predicted octanol–water partition coefficient (Wildman–Crippen LogP) is 1.74. The molecular weight excluding hydrogens is 318 g/mol. The molecular formula is C19H35N3O3. The normalized spacial score (nSPS) is 28.2. The maximum absolute atomic E-state index is 12.9. The molecule has 0 bridgehead atoms. The standard InChI is InChI=1S/C19H35N3O3/c1-5-7-17-14-21(11-10-20(17)12-13-25-4)18(23)19(24)22-15(2)8-6-9-16(22)3/h15-17H,5-14H2,1-4H3/t15-,16+,17-/m0/s1. The molecule has 0 aromatic heterocycles. The minimum atomic E-state index is -0.312. The van der Waals surface area contributed by atoms with Crippen LogP contribution in [-0.2, 0) is 14.3 Å². The van der Waals surface area contributed by atoms with Gasteiger partial charge in [-0.15, -0.1) is 0 Å². The lowest BCUT2D eigenvalue weighted by molar-refractivity contribution is -0.157. The van der Waals surface area contributed by atoms with Crippen molar-refractivity contribution in [2.24, 2.45) is 0 Å². The van der Waals surface area contributed by atoms with Crippen LogP contribution >= 0.6 is 0 Å². The van der Waals surface area contributed by atoms with Gasteiger partial charge in [0.05, 0.1) is 6.61 Å². The molecule has 0 saturated carbocycles. The van der Waals surface area contributed by atoms with Crippen molar-refractivity contribution in [3.8, 4) is 0 Å². The first kappa shape index (κ1) is 20.2. The van der Waals surface area contributed by atoms with Crippen LogP contribution < -0.4 is 0 Å². The summed E-state index contributed by atoms with van der Waals surface area (Å²) in [5.74, 6) is -0.617. The summed E-state index contributed by atoms with van der Waals surface area (Å²) in [6.07, 6.45) is 5.23. The molecule has 2 rings (SSSR count). The highest BCUT2D eigenvalue weighted by Gasteiger charge is 2.37. The summed E-state index contributed by atoms with van der Waals surface area (Å²) < 4.78 is 5.20. The fourth-order valence-electron chi connectivity index (χ4n) is 4.25. The molecule has 2 saturated heterocycles. The average molecular weight is 354 g/mol. The van der Waals surface area contributed by atoms with E-state index in [0.29, 0.717) is 25.7 Å². The highest BCUT2D eigenvalue weighted by atomic mass is 16.5. The van der Waals surface area contributed by atoms with Crippen LogP contribution in [0.3, 0.4) is 0 Å². The van der Waals surface area contributed by atoms with E-state index < -0.39 is 0 Å². The Balaban J connectivity index is 2.00. The number of carbonyl (C=O) groups is 2. The summed E-state index contributed by atoms with van der Waals surface area (Å²) in [7, 11) is 1.72. The third kappa shape index (κ3) is 4.94. The molecule has 0 aromatic carbocycles. The number of methoxy groups -OCH3 is 1. The van der Waals surface area contributed by atoms with Gasteiger partial charge >= 0.3 is 11.8 Å². The first-order valence-corrected chi connectivity index (χ1v) is 9.84. The van der Waals surface area contributed by atoms with Crippen molar-refractivity contribution in [2.75, 3.05) is 39.9 Å². The highest BCUT2D eigenvalue weighted by Crippen LogP contribution is 2.23. The maximum atomic E-state index is 12.9. The molecule has 144 valence electrons. The van der Waals surface area contributed by atoms with E-state index in [1.54, 1.807) is 12.0 Å². The summed E-state index contributed by atoms with van der Waals surface area (Å²) in [4.78, 5) is 31.7. The number of likely N-dealkylation sites (tertiary alicyclic amines) is 1. The van der Waals surface area contributed by atoms with Crippen LogP contribution in [0.5, 0.6) is 0 Å². The molecule has 0 radical (unpaired) electrons. The van der Waals surface area contributed by atoms with Crippen LogP contribution in [0.25, 0.3) is 0 Å². The Labute approximate surface area is 152 Å². The molecule has 2 amide bonds. The zero-order chi connectivity index (χ0) is 18.4. The Morgan fingerprint density at radius 1 is 1.08 bits per heavy atom. The van der Waals surface area contributed by atoms with E-state index in [2.05, 4.69) is 25.7 Å². The fraction of sp³-hybridized carbons (Fsp3) is 0.895. The lowest BCUT2D eigenvalue weighted by Crippen LogP contribution is -2.59. The highest BCUT2D eigenvalue weighted by molar-refractivity contribution is 6.35. The first-order valence-electron chi connectivity index (χ1n) is 9.84. The minimum Gasteiger partial charge on any atom is -0.383 e. The number of piperazine rings is 1. The van der Waals surface area contributed by atoms with Gasteiger partial charge in [0.2, 0.25) is 0 Å². The Hall–Kier alpha value is -1.14. The summed E-state index contributed by atoms with van der Waals surface area (Å²) in [5, 5.41) is 0. The third-order valence-corrected chi connectivity index (χ3v) is 5.71. The topological polar surface area (TPSA) is 53.1 Å². The average Bonchev–Trinajstić information content (AvgIpc) is 2.60. The number of amides is 2. The van der Waals surface area contributed by atoms with Gasteiger partial charge in [0, 0.05) is 51.4 Å². The molecule has 2 heterocycles. The second-order valence-electron chi connectivity index (χ2n) is 7.56. The van der Waals surface area contributed by atoms with Gasteiger partial charge in [-0.25, -0.2) is 0 Å². The van der Waals surface area contributed by atoms with Crippen LogP contribution in [0, 0.1) is 0 Å². The predicted molar refractivity (Wildman–Crippen MR) is 98.3 cm³/mol. The van der Waals surface area contributed by atoms with E-state index in [1.165, 1.54) is 0 Å². The molecule has 3 atom stereocenters. The number of hydrogen-bond acceptors (Lipinski definition) is 4. The summed E-state index contributed by atoms with van der Waals surface area (Å²) in [6, 6.07) is 0.645. The van der Waals surface area contributed by atoms with Gasteiger partial charge in [-0.05, 0) is 39.5 Å². The van der Waals surface area contributed by atoms with Gasteiger partial charge in [0.15, 0.2) is 0 Å². The zero-order valence-corrected chi connectivity index (χ0v) is 16.4. The van der Waals surface area contributed by atoms with Crippen molar-refractivity contribution >= 4 is 11.8 Å². The van der Waals surface area contributed by atoms with Gasteiger partial charge in [-0.1, -0.05) is 13.3 Å². The maximum Gasteiger partial charge on any atom is 0.312 e. The van der Waals surface area contributed by atoms with Crippen LogP contribution in [0.2, 0.25) is 0 Å². The van der Waals surface area contributed by atoms with Gasteiger partial charge < -0.3 is 14.5 Å². The Bertz CT molecular complexity index is 447. The van der Waals surface area contributed by atoms with Crippen molar-refractivity contribution in [3.05, 3.63) is 0 Å². The fourth-order valence-corrected chi connectivity index (χ4v) is 4.25. The Morgan fingerprint density at radius 2 is 1.76 bits per heavy atom. The largest absolute Gasteiger partial charge is 0.383 e. The monoisotopic (exact) mass is 353 g/mol. The van der Waals surface area contributed by atoms with E-state index in [9.17, 15) is 9.59 Å². The quantitative estimate of drug-likeness (QED) is 0.707. The van der Waals surface area contributed by atoms with E-state index >= 15 is 0 Å². The molecule has 0 aliphatic carbocycles. The van der Waals surface area contributed by atoms with Gasteiger partial charge in [0.1, 0.15) is 0 Å². The van der Waals surface area contributed by atoms with E-state index in [1.807, 2.05) is 4.90 Å². The van der Waals surface area contributed by atoms with Crippen LogP contribution in [-0.4, -0.2) is 84.5 Å². The molecule has 2 aliphatic heterocycles. The second kappa shape index (κ2) is 9.53. The van der Waals surface area contributed by atoms with Crippen LogP contribution in [0.15, 0.2) is 0 Å². The Morgan fingerprint density at radius 3 is 2.36 bits per heavy atom. The van der Waals surface area contributed by atoms with Crippen molar-refractivity contribution in [1.82, 2.24) is 14.7 Å². The van der Waals surface area contributed by atoms with Gasteiger partial charge in [0.25, 0.3) is 0 Å². The van der Waals surface area contributed by atoms with Gasteiger partial charge in [-0.3, -0.25) is 14.5 Å². The summed E-state index contributed by atoms with van der Waals surface area (Å²) in [6.45, 7) is 9.97. The van der Waals surface area contributed by atoms with Crippen LogP contribution in [0.4, 0.5) is 0 Å². The number of nitrogens with zero attached hydrogens (tertiary/aromatic N) is 3. The molecule has 0 N–H and O–H groups in total. The SMILES string of the molecule is CCC[C@H]1CN(C(=O)C(=O)N2[C@H](C)CCC[C@@H]2C)CCN1CCOC. The lowest BCUT2D eigenvalue weighted by Gasteiger charge is -2.43. The number of rotatable bonds is 5. The van der Waals surface area contributed by atoms with Gasteiger partial charge in [-0.2, -0.15) is 0 Å². The molecule has 2 aliphatic rings. The number of ether oxygens (including phenoxy) is 1. The summed E-state index contributed by atoms with van der Waals surface area (Å²) in [5.41, 5.74) is 0. The van der Waals surface area contributed by atoms with Crippen LogP contribution in [0.1, 0.15) is 52.9 Å². The molecule has 6 heteroatoms. The smallest absolute Gasteiger partial charge is 0.312 e. The minimum absolute atomic E-state index is 0.162. The number of piperidine rings is 1. The van der Waals surface area contributed by atoms with Crippen molar-refractivity contribution < 1.29 is 14.3 Å². The second-order valence-corrected chi connectivity index (χ2v) is 7.56.